The summed E-state index contributed by atoms with van der Waals surface area (Å²) in [6.07, 6.45) is 1.89. The van der Waals surface area contributed by atoms with E-state index in [2.05, 4.69) is 22.5 Å². The lowest BCUT2D eigenvalue weighted by Gasteiger charge is -2.31. The molecule has 0 saturated carbocycles. The first-order chi connectivity index (χ1) is 8.19. The topological polar surface area (TPSA) is 61.4 Å². The highest BCUT2D eigenvalue weighted by atomic mass is 16.2. The van der Waals surface area contributed by atoms with Crippen molar-refractivity contribution in [1.82, 2.24) is 15.5 Å². The first kappa shape index (κ1) is 11.9. The maximum absolute atomic E-state index is 12.3. The normalized spacial score (nSPS) is 22.3. The molecule has 2 heterocycles. The van der Waals surface area contributed by atoms with Crippen molar-refractivity contribution < 1.29 is 9.59 Å². The number of nitrogens with zero attached hydrogens (tertiary/aromatic N) is 1. The molecule has 0 aromatic heterocycles. The van der Waals surface area contributed by atoms with Crippen LogP contribution in [0.5, 0.6) is 0 Å². The summed E-state index contributed by atoms with van der Waals surface area (Å²) in [5, 5.41) is 6.04. The van der Waals surface area contributed by atoms with Crippen molar-refractivity contribution in [3.05, 3.63) is 0 Å². The van der Waals surface area contributed by atoms with Crippen molar-refractivity contribution in [2.24, 2.45) is 0 Å². The maximum atomic E-state index is 12.3. The smallest absolute Gasteiger partial charge is 0.323 e. The Morgan fingerprint density at radius 3 is 2.71 bits per heavy atom. The molecule has 5 nitrogen and oxygen atoms in total. The Hall–Kier alpha value is -1.54. The molecule has 5 heteroatoms. The Bertz CT molecular complexity index is 388. The summed E-state index contributed by atoms with van der Waals surface area (Å²) in [7, 11) is 0. The van der Waals surface area contributed by atoms with Gasteiger partial charge in [-0.2, -0.15) is 0 Å². The van der Waals surface area contributed by atoms with Gasteiger partial charge in [0.25, 0.3) is 5.91 Å². The van der Waals surface area contributed by atoms with Gasteiger partial charge >= 0.3 is 6.03 Å². The molecular weight excluding hydrogens is 218 g/mol. The van der Waals surface area contributed by atoms with E-state index in [1.54, 1.807) is 6.92 Å². The number of carbonyl (C=O) groups excluding carboxylic acids is 2. The van der Waals surface area contributed by atoms with E-state index in [9.17, 15) is 9.59 Å². The fraction of sp³-hybridized carbons (Fsp3) is 0.667. The highest BCUT2D eigenvalue weighted by Gasteiger charge is 2.50. The number of carbonyl (C=O) groups is 2. The minimum Gasteiger partial charge on any atom is -0.323 e. The van der Waals surface area contributed by atoms with E-state index < -0.39 is 5.54 Å². The van der Waals surface area contributed by atoms with Gasteiger partial charge in [0, 0.05) is 13.0 Å². The van der Waals surface area contributed by atoms with Crippen molar-refractivity contribution in [2.75, 3.05) is 19.6 Å². The number of amides is 3. The van der Waals surface area contributed by atoms with E-state index in [4.69, 9.17) is 0 Å². The van der Waals surface area contributed by atoms with Crippen molar-refractivity contribution in [3.8, 4) is 11.8 Å². The SMILES string of the molecule is CC#CCCN1C(=O)NC2(CCNCC2)C1=O. The van der Waals surface area contributed by atoms with Crippen molar-refractivity contribution in [1.29, 1.82) is 0 Å². The lowest BCUT2D eigenvalue weighted by Crippen LogP contribution is -2.53. The molecular formula is C12H17N3O2. The van der Waals surface area contributed by atoms with Crippen LogP contribution in [0.25, 0.3) is 0 Å². The van der Waals surface area contributed by atoms with Gasteiger partial charge in [0.1, 0.15) is 5.54 Å². The molecule has 2 rings (SSSR count). The van der Waals surface area contributed by atoms with Gasteiger partial charge in [-0.15, -0.1) is 11.8 Å². The van der Waals surface area contributed by atoms with Crippen LogP contribution in [0.15, 0.2) is 0 Å². The van der Waals surface area contributed by atoms with Crippen LogP contribution in [-0.2, 0) is 4.79 Å². The van der Waals surface area contributed by atoms with Gasteiger partial charge in [0.05, 0.1) is 0 Å². The number of imide groups is 1. The molecule has 0 radical (unpaired) electrons. The van der Waals surface area contributed by atoms with Crippen LogP contribution in [-0.4, -0.2) is 42.0 Å². The summed E-state index contributed by atoms with van der Waals surface area (Å²) in [5.74, 6) is 5.55. The molecule has 0 aliphatic carbocycles. The zero-order chi connectivity index (χ0) is 12.3. The van der Waals surface area contributed by atoms with E-state index >= 15 is 0 Å². The molecule has 17 heavy (non-hydrogen) atoms. The first-order valence-corrected chi connectivity index (χ1v) is 5.94. The third-order valence-electron chi connectivity index (χ3n) is 3.34. The monoisotopic (exact) mass is 235 g/mol. The van der Waals surface area contributed by atoms with E-state index in [0.29, 0.717) is 25.8 Å². The lowest BCUT2D eigenvalue weighted by molar-refractivity contribution is -0.132. The summed E-state index contributed by atoms with van der Waals surface area (Å²) in [4.78, 5) is 25.3. The van der Waals surface area contributed by atoms with Gasteiger partial charge < -0.3 is 10.6 Å². The quantitative estimate of drug-likeness (QED) is 0.526. The first-order valence-electron chi connectivity index (χ1n) is 5.94. The molecule has 1 spiro atoms. The number of piperidine rings is 1. The van der Waals surface area contributed by atoms with Crippen LogP contribution >= 0.6 is 0 Å². The van der Waals surface area contributed by atoms with Crippen molar-refractivity contribution in [2.45, 2.75) is 31.7 Å². The summed E-state index contributed by atoms with van der Waals surface area (Å²) in [6.45, 7) is 3.68. The van der Waals surface area contributed by atoms with Crippen LogP contribution in [0.4, 0.5) is 4.79 Å². The minimum atomic E-state index is -0.651. The largest absolute Gasteiger partial charge is 0.325 e. The molecule has 0 atom stereocenters. The van der Waals surface area contributed by atoms with E-state index in [-0.39, 0.29) is 11.9 Å². The molecule has 92 valence electrons. The van der Waals surface area contributed by atoms with Crippen LogP contribution in [0.2, 0.25) is 0 Å². The Balaban J connectivity index is 2.06. The summed E-state index contributed by atoms with van der Waals surface area (Å²) >= 11 is 0. The highest BCUT2D eigenvalue weighted by Crippen LogP contribution is 2.26. The molecule has 2 fully saturated rings. The van der Waals surface area contributed by atoms with Gasteiger partial charge in [-0.1, -0.05) is 0 Å². The number of rotatable bonds is 2. The molecule has 2 saturated heterocycles. The molecule has 3 amide bonds. The minimum absolute atomic E-state index is 0.0816. The Labute approximate surface area is 101 Å². The number of hydrogen-bond acceptors (Lipinski definition) is 3. The van der Waals surface area contributed by atoms with Crippen molar-refractivity contribution >= 4 is 11.9 Å². The molecule has 0 bridgehead atoms. The summed E-state index contributed by atoms with van der Waals surface area (Å²) < 4.78 is 0. The second-order valence-corrected chi connectivity index (χ2v) is 4.40. The average molecular weight is 235 g/mol. The molecule has 2 N–H and O–H groups in total. The van der Waals surface area contributed by atoms with Crippen LogP contribution in [0.1, 0.15) is 26.2 Å². The summed E-state index contributed by atoms with van der Waals surface area (Å²) in [6, 6.07) is -0.269. The second kappa shape index (κ2) is 4.76. The highest BCUT2D eigenvalue weighted by molar-refractivity contribution is 6.07. The Kier molecular flexibility index (Phi) is 3.34. The number of nitrogens with one attached hydrogen (secondary N) is 2. The number of hydrogen-bond donors (Lipinski definition) is 2. The third-order valence-corrected chi connectivity index (χ3v) is 3.34. The van der Waals surface area contributed by atoms with E-state index in [1.165, 1.54) is 4.90 Å². The molecule has 0 unspecified atom stereocenters. The molecule has 0 aromatic carbocycles. The molecule has 2 aliphatic heterocycles. The fourth-order valence-corrected chi connectivity index (χ4v) is 2.36. The number of urea groups is 1. The van der Waals surface area contributed by atoms with Gasteiger partial charge in [-0.05, 0) is 32.9 Å². The second-order valence-electron chi connectivity index (χ2n) is 4.40. The van der Waals surface area contributed by atoms with Gasteiger partial charge in [0.15, 0.2) is 0 Å². The predicted octanol–water partition coefficient (Wildman–Crippen LogP) is 0.0738. The fourth-order valence-electron chi connectivity index (χ4n) is 2.36. The zero-order valence-electron chi connectivity index (χ0n) is 10.0. The van der Waals surface area contributed by atoms with Gasteiger partial charge in [0.2, 0.25) is 0 Å². The summed E-state index contributed by atoms with van der Waals surface area (Å²) in [5.41, 5.74) is -0.651. The predicted molar refractivity (Wildman–Crippen MR) is 63.1 cm³/mol. The Morgan fingerprint density at radius 1 is 1.35 bits per heavy atom. The van der Waals surface area contributed by atoms with Crippen LogP contribution in [0, 0.1) is 11.8 Å². The van der Waals surface area contributed by atoms with Crippen LogP contribution < -0.4 is 10.6 Å². The third kappa shape index (κ3) is 2.13. The standard InChI is InChI=1S/C12H17N3O2/c1-2-3-4-9-15-10(16)12(14-11(15)17)5-7-13-8-6-12/h13H,4-9H2,1H3,(H,14,17). The average Bonchev–Trinajstić information content (AvgIpc) is 2.55. The van der Waals surface area contributed by atoms with E-state index in [1.807, 2.05) is 0 Å². The lowest BCUT2D eigenvalue weighted by atomic mass is 9.88. The molecule has 0 aromatic rings. The van der Waals surface area contributed by atoms with Gasteiger partial charge in [-0.25, -0.2) is 4.79 Å². The van der Waals surface area contributed by atoms with Crippen LogP contribution in [0.3, 0.4) is 0 Å². The maximum Gasteiger partial charge on any atom is 0.325 e. The van der Waals surface area contributed by atoms with Gasteiger partial charge in [-0.3, -0.25) is 9.69 Å². The zero-order valence-corrected chi connectivity index (χ0v) is 10.0. The van der Waals surface area contributed by atoms with E-state index in [0.717, 1.165) is 13.1 Å². The van der Waals surface area contributed by atoms with Crippen molar-refractivity contribution in [3.63, 3.8) is 0 Å². The Morgan fingerprint density at radius 2 is 2.06 bits per heavy atom. The molecule has 2 aliphatic rings.